The van der Waals surface area contributed by atoms with Gasteiger partial charge >= 0.3 is 0 Å². The number of carboxylic acids is 1. The molecule has 0 aliphatic carbocycles. The maximum atomic E-state index is 11.2. The van der Waals surface area contributed by atoms with Crippen molar-refractivity contribution in [1.82, 2.24) is 5.32 Å². The van der Waals surface area contributed by atoms with Crippen LogP contribution in [0, 0.1) is 13.8 Å². The molecular weight excluding hydrogens is 222 g/mol. The van der Waals surface area contributed by atoms with E-state index >= 15 is 0 Å². The van der Waals surface area contributed by atoms with E-state index in [1.807, 2.05) is 26.0 Å². The molecule has 0 saturated heterocycles. The first-order valence-electron chi connectivity index (χ1n) is 5.15. The molecule has 0 fully saturated rings. The van der Waals surface area contributed by atoms with Gasteiger partial charge in [0.25, 0.3) is 5.91 Å². The van der Waals surface area contributed by atoms with E-state index in [9.17, 15) is 14.7 Å². The lowest BCUT2D eigenvalue weighted by atomic mass is 10.1. The summed E-state index contributed by atoms with van der Waals surface area (Å²) in [7, 11) is 0. The number of carbonyl (C=O) groups excluding carboxylic acids is 2. The van der Waals surface area contributed by atoms with Crippen molar-refractivity contribution in [3.8, 4) is 5.75 Å². The number of benzene rings is 1. The van der Waals surface area contributed by atoms with E-state index < -0.39 is 18.4 Å². The Hall–Kier alpha value is -2.04. The lowest BCUT2D eigenvalue weighted by molar-refractivity contribution is -0.304. The van der Waals surface area contributed by atoms with Gasteiger partial charge in [0.1, 0.15) is 5.75 Å². The van der Waals surface area contributed by atoms with Crippen LogP contribution in [0.5, 0.6) is 5.75 Å². The minimum atomic E-state index is -1.33. The summed E-state index contributed by atoms with van der Waals surface area (Å²) in [6.07, 6.45) is 0. The van der Waals surface area contributed by atoms with Crippen LogP contribution < -0.4 is 15.2 Å². The quantitative estimate of drug-likeness (QED) is 0.751. The van der Waals surface area contributed by atoms with Crippen molar-refractivity contribution < 1.29 is 19.4 Å². The smallest absolute Gasteiger partial charge is 0.258 e. The molecule has 5 nitrogen and oxygen atoms in total. The fraction of sp³-hybridized carbons (Fsp3) is 0.333. The van der Waals surface area contributed by atoms with Crippen molar-refractivity contribution in [1.29, 1.82) is 0 Å². The van der Waals surface area contributed by atoms with Gasteiger partial charge in [0, 0.05) is 0 Å². The molecular formula is C12H14NO4-. The summed E-state index contributed by atoms with van der Waals surface area (Å²) < 4.78 is 5.26. The fourth-order valence-electron chi connectivity index (χ4n) is 1.33. The predicted molar refractivity (Wildman–Crippen MR) is 59.4 cm³/mol. The molecule has 17 heavy (non-hydrogen) atoms. The monoisotopic (exact) mass is 236 g/mol. The zero-order chi connectivity index (χ0) is 12.8. The standard InChI is InChI=1S/C12H15NO4/c1-8-3-4-10(9(2)5-8)17-7-11(14)13-6-12(15)16/h3-5H,6-7H2,1-2H3,(H,13,14)(H,15,16)/p-1. The fourth-order valence-corrected chi connectivity index (χ4v) is 1.33. The van der Waals surface area contributed by atoms with Crippen LogP contribution in [0.25, 0.3) is 0 Å². The molecule has 1 rings (SSSR count). The Morgan fingerprint density at radius 3 is 2.65 bits per heavy atom. The molecule has 1 aromatic carbocycles. The first-order chi connectivity index (χ1) is 7.99. The summed E-state index contributed by atoms with van der Waals surface area (Å²) in [4.78, 5) is 21.3. The molecule has 0 aromatic heterocycles. The van der Waals surface area contributed by atoms with Gasteiger partial charge in [-0.2, -0.15) is 0 Å². The number of hydrogen-bond donors (Lipinski definition) is 1. The summed E-state index contributed by atoms with van der Waals surface area (Å²) in [5, 5.41) is 12.3. The summed E-state index contributed by atoms with van der Waals surface area (Å²) in [5.41, 5.74) is 2.04. The number of rotatable bonds is 5. The van der Waals surface area contributed by atoms with Crippen LogP contribution in [0.15, 0.2) is 18.2 Å². The number of amides is 1. The molecule has 0 bridgehead atoms. The Kier molecular flexibility index (Phi) is 4.51. The minimum absolute atomic E-state index is 0.211. The van der Waals surface area contributed by atoms with E-state index in [4.69, 9.17) is 4.74 Å². The number of aryl methyl sites for hydroxylation is 2. The van der Waals surface area contributed by atoms with Crippen LogP contribution in [0.2, 0.25) is 0 Å². The van der Waals surface area contributed by atoms with Crippen LogP contribution >= 0.6 is 0 Å². The third-order valence-electron chi connectivity index (χ3n) is 2.12. The van der Waals surface area contributed by atoms with Crippen molar-refractivity contribution in [2.45, 2.75) is 13.8 Å². The molecule has 1 N–H and O–H groups in total. The number of nitrogens with one attached hydrogen (secondary N) is 1. The van der Waals surface area contributed by atoms with Crippen LogP contribution in [0.3, 0.4) is 0 Å². The normalized spacial score (nSPS) is 9.76. The van der Waals surface area contributed by atoms with E-state index in [1.165, 1.54) is 0 Å². The zero-order valence-electron chi connectivity index (χ0n) is 9.78. The molecule has 1 aromatic rings. The Balaban J connectivity index is 2.44. The van der Waals surface area contributed by atoms with Crippen molar-refractivity contribution in [3.05, 3.63) is 29.3 Å². The third kappa shape index (κ3) is 4.55. The van der Waals surface area contributed by atoms with E-state index in [-0.39, 0.29) is 6.61 Å². The molecule has 92 valence electrons. The first-order valence-corrected chi connectivity index (χ1v) is 5.15. The maximum absolute atomic E-state index is 11.2. The number of carbonyl (C=O) groups is 2. The van der Waals surface area contributed by atoms with Gasteiger partial charge in [0.05, 0.1) is 12.5 Å². The van der Waals surface area contributed by atoms with Gasteiger partial charge in [-0.1, -0.05) is 17.7 Å². The molecule has 5 heteroatoms. The van der Waals surface area contributed by atoms with Crippen molar-refractivity contribution in [2.24, 2.45) is 0 Å². The van der Waals surface area contributed by atoms with Crippen molar-refractivity contribution in [3.63, 3.8) is 0 Å². The van der Waals surface area contributed by atoms with Gasteiger partial charge < -0.3 is 20.0 Å². The van der Waals surface area contributed by atoms with Gasteiger partial charge in [-0.25, -0.2) is 0 Å². The van der Waals surface area contributed by atoms with Crippen molar-refractivity contribution >= 4 is 11.9 Å². The van der Waals surface area contributed by atoms with Gasteiger partial charge in [-0.15, -0.1) is 0 Å². The highest BCUT2D eigenvalue weighted by Gasteiger charge is 2.04. The summed E-state index contributed by atoms with van der Waals surface area (Å²) in [6, 6.07) is 5.59. The lowest BCUT2D eigenvalue weighted by Crippen LogP contribution is -2.39. The number of aliphatic carboxylic acids is 1. The Bertz CT molecular complexity index is 429. The second kappa shape index (κ2) is 5.89. The highest BCUT2D eigenvalue weighted by Crippen LogP contribution is 2.18. The van der Waals surface area contributed by atoms with E-state index in [0.29, 0.717) is 5.75 Å². The summed E-state index contributed by atoms with van der Waals surface area (Å²) in [5.74, 6) is -1.21. The van der Waals surface area contributed by atoms with Crippen LogP contribution in [0.1, 0.15) is 11.1 Å². The largest absolute Gasteiger partial charge is 0.548 e. The van der Waals surface area contributed by atoms with Crippen molar-refractivity contribution in [2.75, 3.05) is 13.2 Å². The molecule has 0 saturated carbocycles. The Morgan fingerprint density at radius 2 is 2.06 bits per heavy atom. The van der Waals surface area contributed by atoms with Crippen LogP contribution in [0.4, 0.5) is 0 Å². The summed E-state index contributed by atoms with van der Waals surface area (Å²) >= 11 is 0. The van der Waals surface area contributed by atoms with Gasteiger partial charge in [-0.05, 0) is 25.5 Å². The molecule has 0 atom stereocenters. The molecule has 0 spiro atoms. The van der Waals surface area contributed by atoms with Gasteiger partial charge in [-0.3, -0.25) is 4.79 Å². The second-order valence-corrected chi connectivity index (χ2v) is 3.71. The molecule has 0 radical (unpaired) electrons. The Morgan fingerprint density at radius 1 is 1.35 bits per heavy atom. The van der Waals surface area contributed by atoms with Crippen LogP contribution in [-0.2, 0) is 9.59 Å². The highest BCUT2D eigenvalue weighted by atomic mass is 16.5. The van der Waals surface area contributed by atoms with E-state index in [2.05, 4.69) is 5.32 Å². The average Bonchev–Trinajstić information content (AvgIpc) is 2.25. The maximum Gasteiger partial charge on any atom is 0.258 e. The summed E-state index contributed by atoms with van der Waals surface area (Å²) in [6.45, 7) is 3.12. The third-order valence-corrected chi connectivity index (χ3v) is 2.12. The minimum Gasteiger partial charge on any atom is -0.548 e. The molecule has 0 aliphatic rings. The molecule has 1 amide bonds. The number of carboxylic acid groups (broad SMARTS) is 1. The average molecular weight is 236 g/mol. The van der Waals surface area contributed by atoms with E-state index in [1.54, 1.807) is 6.07 Å². The SMILES string of the molecule is Cc1ccc(OCC(=O)NCC(=O)[O-])c(C)c1. The highest BCUT2D eigenvalue weighted by molar-refractivity contribution is 5.81. The van der Waals surface area contributed by atoms with Crippen LogP contribution in [-0.4, -0.2) is 25.0 Å². The second-order valence-electron chi connectivity index (χ2n) is 3.71. The molecule has 0 unspecified atom stereocenters. The zero-order valence-corrected chi connectivity index (χ0v) is 9.78. The first kappa shape index (κ1) is 13.0. The molecule has 0 aliphatic heterocycles. The lowest BCUT2D eigenvalue weighted by Gasteiger charge is -2.10. The Labute approximate surface area is 99.4 Å². The van der Waals surface area contributed by atoms with Gasteiger partial charge in [0.15, 0.2) is 6.61 Å². The number of hydrogen-bond acceptors (Lipinski definition) is 4. The molecule has 0 heterocycles. The predicted octanol–water partition coefficient (Wildman–Crippen LogP) is -0.452. The van der Waals surface area contributed by atoms with E-state index in [0.717, 1.165) is 11.1 Å². The van der Waals surface area contributed by atoms with Gasteiger partial charge in [0.2, 0.25) is 0 Å². The number of ether oxygens (including phenoxy) is 1. The topological polar surface area (TPSA) is 78.5 Å².